The molecule has 0 saturated carbocycles. The molecule has 0 aliphatic heterocycles. The second-order valence-corrected chi connectivity index (χ2v) is 1.84. The maximum Gasteiger partial charge on any atom is 0.263 e. The number of amides is 1. The van der Waals surface area contributed by atoms with E-state index in [0.29, 0.717) is 0 Å². The standard InChI is InChI=1S/C4H10N2O2/c1-3(2)4(7)6(5)8/h3,8H,5H2,1-2H3. The van der Waals surface area contributed by atoms with Crippen molar-refractivity contribution in [2.24, 2.45) is 11.8 Å². The third-order valence-electron chi connectivity index (χ3n) is 0.720. The van der Waals surface area contributed by atoms with Gasteiger partial charge in [0.15, 0.2) is 0 Å². The van der Waals surface area contributed by atoms with Gasteiger partial charge in [0.2, 0.25) is 0 Å². The molecule has 3 N–H and O–H groups in total. The molecule has 0 saturated heterocycles. The van der Waals surface area contributed by atoms with Crippen LogP contribution >= 0.6 is 0 Å². The first-order valence-electron chi connectivity index (χ1n) is 2.33. The van der Waals surface area contributed by atoms with Gasteiger partial charge < -0.3 is 0 Å². The van der Waals surface area contributed by atoms with Crippen LogP contribution in [0.25, 0.3) is 0 Å². The quantitative estimate of drug-likeness (QED) is 0.215. The lowest BCUT2D eigenvalue weighted by molar-refractivity contribution is -0.170. The number of hydrazine groups is 1. The van der Waals surface area contributed by atoms with Gasteiger partial charge in [-0.25, -0.2) is 5.84 Å². The van der Waals surface area contributed by atoms with Crippen LogP contribution in [0.2, 0.25) is 0 Å². The summed E-state index contributed by atoms with van der Waals surface area (Å²) in [5, 5.41) is 8.35. The highest BCUT2D eigenvalue weighted by Gasteiger charge is 2.09. The van der Waals surface area contributed by atoms with Crippen LogP contribution in [0.5, 0.6) is 0 Å². The molecule has 0 unspecified atom stereocenters. The average molecular weight is 118 g/mol. The van der Waals surface area contributed by atoms with Crippen LogP contribution in [0.15, 0.2) is 0 Å². The number of hydrogen-bond donors (Lipinski definition) is 2. The zero-order valence-corrected chi connectivity index (χ0v) is 4.96. The summed E-state index contributed by atoms with van der Waals surface area (Å²) in [5.74, 6) is 3.95. The van der Waals surface area contributed by atoms with Crippen molar-refractivity contribution in [1.82, 2.24) is 5.17 Å². The predicted octanol–water partition coefficient (Wildman–Crippen LogP) is -0.266. The third kappa shape index (κ3) is 1.90. The van der Waals surface area contributed by atoms with Gasteiger partial charge in [0, 0.05) is 5.92 Å². The number of hydrogen-bond acceptors (Lipinski definition) is 3. The highest BCUT2D eigenvalue weighted by atomic mass is 16.5. The van der Waals surface area contributed by atoms with Gasteiger partial charge in [-0.3, -0.25) is 10.0 Å². The molecule has 8 heavy (non-hydrogen) atoms. The Bertz CT molecular complexity index is 80.0. The molecule has 48 valence electrons. The van der Waals surface area contributed by atoms with E-state index >= 15 is 0 Å². The summed E-state index contributed by atoms with van der Waals surface area (Å²) in [4.78, 5) is 10.4. The summed E-state index contributed by atoms with van der Waals surface area (Å²) in [6.45, 7) is 3.30. The summed E-state index contributed by atoms with van der Waals surface area (Å²) >= 11 is 0. The Morgan fingerprint density at radius 1 is 1.75 bits per heavy atom. The fraction of sp³-hybridized carbons (Fsp3) is 0.750. The summed E-state index contributed by atoms with van der Waals surface area (Å²) in [5.41, 5.74) is 0. The van der Waals surface area contributed by atoms with E-state index in [4.69, 9.17) is 5.21 Å². The summed E-state index contributed by atoms with van der Waals surface area (Å²) < 4.78 is 0. The lowest BCUT2D eigenvalue weighted by atomic mass is 10.2. The highest BCUT2D eigenvalue weighted by molar-refractivity contribution is 5.76. The molecule has 0 aromatic heterocycles. The van der Waals surface area contributed by atoms with Gasteiger partial charge in [-0.15, -0.1) is 0 Å². The van der Waals surface area contributed by atoms with Crippen molar-refractivity contribution in [3.05, 3.63) is 0 Å². The first-order valence-corrected chi connectivity index (χ1v) is 2.33. The Morgan fingerprint density at radius 3 is 2.12 bits per heavy atom. The molecule has 0 rings (SSSR count). The van der Waals surface area contributed by atoms with E-state index in [0.717, 1.165) is 0 Å². The van der Waals surface area contributed by atoms with E-state index in [1.807, 2.05) is 0 Å². The molecule has 0 atom stereocenters. The Kier molecular flexibility index (Phi) is 2.44. The second kappa shape index (κ2) is 2.64. The smallest absolute Gasteiger partial charge is 0.263 e. The molecule has 0 heterocycles. The number of hydroxylamine groups is 1. The topological polar surface area (TPSA) is 66.6 Å². The average Bonchev–Trinajstić information content (AvgIpc) is 1.64. The molecular weight excluding hydrogens is 108 g/mol. The number of nitrogens with zero attached hydrogens (tertiary/aromatic N) is 1. The number of rotatable bonds is 1. The lowest BCUT2D eigenvalue weighted by Crippen LogP contribution is -2.36. The van der Waals surface area contributed by atoms with E-state index < -0.39 is 5.91 Å². The molecule has 4 heteroatoms. The number of carbonyl (C=O) groups is 1. The molecule has 0 radical (unpaired) electrons. The molecule has 0 bridgehead atoms. The van der Waals surface area contributed by atoms with E-state index in [-0.39, 0.29) is 11.1 Å². The largest absolute Gasteiger partial charge is 0.271 e. The van der Waals surface area contributed by atoms with Gasteiger partial charge >= 0.3 is 0 Å². The Balaban J connectivity index is 3.65. The van der Waals surface area contributed by atoms with Crippen molar-refractivity contribution < 1.29 is 10.0 Å². The van der Waals surface area contributed by atoms with Crippen molar-refractivity contribution in [3.8, 4) is 0 Å². The van der Waals surface area contributed by atoms with Crippen LogP contribution in [-0.2, 0) is 4.79 Å². The van der Waals surface area contributed by atoms with Gasteiger partial charge in [0.05, 0.1) is 0 Å². The fourth-order valence-corrected chi connectivity index (χ4v) is 0.265. The maximum absolute atomic E-state index is 10.4. The minimum Gasteiger partial charge on any atom is -0.271 e. The second-order valence-electron chi connectivity index (χ2n) is 1.84. The van der Waals surface area contributed by atoms with E-state index in [1.54, 1.807) is 13.8 Å². The molecule has 0 aromatic rings. The predicted molar refractivity (Wildman–Crippen MR) is 27.7 cm³/mol. The zero-order chi connectivity index (χ0) is 6.73. The minimum atomic E-state index is -0.481. The molecule has 1 amide bonds. The van der Waals surface area contributed by atoms with E-state index in [1.165, 1.54) is 0 Å². The molecule has 0 fully saturated rings. The van der Waals surface area contributed by atoms with Gasteiger partial charge in [-0.1, -0.05) is 13.8 Å². The minimum absolute atomic E-state index is 0.102. The molecule has 0 spiro atoms. The van der Waals surface area contributed by atoms with Crippen LogP contribution in [0.3, 0.4) is 0 Å². The van der Waals surface area contributed by atoms with Crippen molar-refractivity contribution in [1.29, 1.82) is 0 Å². The third-order valence-corrected chi connectivity index (χ3v) is 0.720. The fourth-order valence-electron chi connectivity index (χ4n) is 0.265. The van der Waals surface area contributed by atoms with E-state index in [2.05, 4.69) is 5.84 Å². The van der Waals surface area contributed by atoms with Gasteiger partial charge in [0.25, 0.3) is 5.91 Å². The van der Waals surface area contributed by atoms with Crippen molar-refractivity contribution in [2.45, 2.75) is 13.8 Å². The first-order chi connectivity index (χ1) is 3.55. The van der Waals surface area contributed by atoms with Crippen molar-refractivity contribution in [3.63, 3.8) is 0 Å². The molecule has 0 aliphatic carbocycles. The monoisotopic (exact) mass is 118 g/mol. The van der Waals surface area contributed by atoms with Crippen LogP contribution < -0.4 is 5.84 Å². The zero-order valence-electron chi connectivity index (χ0n) is 4.96. The summed E-state index contributed by atoms with van der Waals surface area (Å²) in [6.07, 6.45) is 0. The first kappa shape index (κ1) is 7.39. The maximum atomic E-state index is 10.4. The molecular formula is C4H10N2O2. The Morgan fingerprint density at radius 2 is 2.12 bits per heavy atom. The molecule has 0 aromatic carbocycles. The van der Waals surface area contributed by atoms with Crippen molar-refractivity contribution >= 4 is 5.91 Å². The Hall–Kier alpha value is -0.610. The van der Waals surface area contributed by atoms with Gasteiger partial charge in [-0.05, 0) is 0 Å². The SMILES string of the molecule is CC(C)C(=O)N(N)O. The van der Waals surface area contributed by atoms with Gasteiger partial charge in [0.1, 0.15) is 0 Å². The molecule has 4 nitrogen and oxygen atoms in total. The summed E-state index contributed by atoms with van der Waals surface area (Å²) in [7, 11) is 0. The summed E-state index contributed by atoms with van der Waals surface area (Å²) in [6, 6.07) is 0. The normalized spacial score (nSPS) is 9.62. The lowest BCUT2D eigenvalue weighted by Gasteiger charge is -2.08. The van der Waals surface area contributed by atoms with Crippen LogP contribution in [0.4, 0.5) is 0 Å². The molecule has 0 aliphatic rings. The van der Waals surface area contributed by atoms with Crippen molar-refractivity contribution in [2.75, 3.05) is 0 Å². The van der Waals surface area contributed by atoms with Gasteiger partial charge in [-0.2, -0.15) is 5.17 Å². The van der Waals surface area contributed by atoms with Crippen LogP contribution in [0.1, 0.15) is 13.8 Å². The van der Waals surface area contributed by atoms with Crippen LogP contribution in [-0.4, -0.2) is 16.3 Å². The number of nitrogens with two attached hydrogens (primary N) is 1. The highest BCUT2D eigenvalue weighted by Crippen LogP contribution is 1.92. The van der Waals surface area contributed by atoms with E-state index in [9.17, 15) is 4.79 Å². The number of carbonyl (C=O) groups excluding carboxylic acids is 1. The van der Waals surface area contributed by atoms with Crippen LogP contribution in [0, 0.1) is 5.92 Å². The Labute approximate surface area is 47.8 Å².